The molecule has 0 saturated heterocycles. The van der Waals surface area contributed by atoms with E-state index in [4.69, 9.17) is 11.6 Å². The molecule has 1 fully saturated rings. The molecule has 1 saturated carbocycles. The first-order chi connectivity index (χ1) is 7.31. The molecule has 1 aromatic heterocycles. The zero-order valence-electron chi connectivity index (χ0n) is 7.74. The van der Waals surface area contributed by atoms with Crippen molar-refractivity contribution in [1.29, 1.82) is 0 Å². The van der Waals surface area contributed by atoms with E-state index in [0.29, 0.717) is 5.15 Å². The maximum Gasteiger partial charge on any atom is 0.172 e. The zero-order chi connectivity index (χ0) is 10.3. The van der Waals surface area contributed by atoms with Crippen molar-refractivity contribution in [3.63, 3.8) is 0 Å². The summed E-state index contributed by atoms with van der Waals surface area (Å²) in [4.78, 5) is 9.56. The van der Waals surface area contributed by atoms with E-state index in [1.807, 2.05) is 11.8 Å². The van der Waals surface area contributed by atoms with Crippen LogP contribution in [-0.2, 0) is 0 Å². The Morgan fingerprint density at radius 2 is 2.40 bits per heavy atom. The van der Waals surface area contributed by atoms with Crippen LogP contribution in [0, 0.1) is 0 Å². The third-order valence-electron chi connectivity index (χ3n) is 2.09. The Morgan fingerprint density at radius 3 is 3.20 bits per heavy atom. The summed E-state index contributed by atoms with van der Waals surface area (Å²) in [6.07, 6.45) is 4.36. The number of nitrogens with zero attached hydrogens (tertiary/aromatic N) is 2. The summed E-state index contributed by atoms with van der Waals surface area (Å²) in [6.45, 7) is 0. The van der Waals surface area contributed by atoms with Crippen molar-refractivity contribution < 1.29 is 0 Å². The molecule has 0 spiro atoms. The van der Waals surface area contributed by atoms with Gasteiger partial charge in [0.1, 0.15) is 5.15 Å². The summed E-state index contributed by atoms with van der Waals surface area (Å²) in [6, 6.07) is 1.80. The maximum absolute atomic E-state index is 5.83. The van der Waals surface area contributed by atoms with E-state index in [9.17, 15) is 0 Å². The van der Waals surface area contributed by atoms with Crippen molar-refractivity contribution in [1.82, 2.24) is 9.71 Å². The fraction of sp³-hybridized carbons (Fsp3) is 0.333. The minimum absolute atomic E-state index is 0.496. The van der Waals surface area contributed by atoms with Gasteiger partial charge >= 0.3 is 0 Å². The number of fused-ring (bicyclic) bond motifs is 1. The molecule has 1 aliphatic heterocycles. The van der Waals surface area contributed by atoms with Gasteiger partial charge in [0.25, 0.3) is 0 Å². The van der Waals surface area contributed by atoms with Crippen LogP contribution in [0.2, 0.25) is 5.15 Å². The quantitative estimate of drug-likeness (QED) is 0.619. The number of pyridine rings is 1. The van der Waals surface area contributed by atoms with Crippen molar-refractivity contribution >= 4 is 46.2 Å². The summed E-state index contributed by atoms with van der Waals surface area (Å²) in [5, 5.41) is 2.24. The lowest BCUT2D eigenvalue weighted by molar-refractivity contribution is 1.20. The molecule has 0 radical (unpaired) electrons. The molecule has 0 unspecified atom stereocenters. The van der Waals surface area contributed by atoms with Crippen molar-refractivity contribution in [3.05, 3.63) is 17.4 Å². The average molecular weight is 258 g/mol. The molecule has 3 nitrogen and oxygen atoms in total. The Bertz CT molecular complexity index is 431. The second-order valence-corrected chi connectivity index (χ2v) is 5.94. The Kier molecular flexibility index (Phi) is 2.54. The van der Waals surface area contributed by atoms with Crippen LogP contribution in [-0.4, -0.2) is 15.4 Å². The molecule has 0 amide bonds. The standard InChI is InChI=1S/C9H8ClN3S2/c10-8-3-6-7(4-11-8)15-13-9(12-6)14-5-1-2-5/h3-5H,1-2H2,(H,12,13). The largest absolute Gasteiger partial charge is 0.305 e. The highest BCUT2D eigenvalue weighted by molar-refractivity contribution is 8.16. The van der Waals surface area contributed by atoms with E-state index in [2.05, 4.69) is 14.7 Å². The fourth-order valence-electron chi connectivity index (χ4n) is 1.20. The van der Waals surface area contributed by atoms with Crippen LogP contribution in [0.3, 0.4) is 0 Å². The van der Waals surface area contributed by atoms with Crippen molar-refractivity contribution in [2.24, 2.45) is 4.99 Å². The van der Waals surface area contributed by atoms with Crippen LogP contribution in [0.25, 0.3) is 0 Å². The molecule has 1 aliphatic carbocycles. The predicted molar refractivity (Wildman–Crippen MR) is 65.9 cm³/mol. The Morgan fingerprint density at radius 1 is 1.53 bits per heavy atom. The number of hydrogen-bond acceptors (Lipinski definition) is 5. The van der Waals surface area contributed by atoms with Gasteiger partial charge in [-0.15, -0.1) is 0 Å². The number of halogens is 1. The lowest BCUT2D eigenvalue weighted by Gasteiger charge is -2.15. The van der Waals surface area contributed by atoms with Gasteiger partial charge in [-0.25, -0.2) is 9.98 Å². The predicted octanol–water partition coefficient (Wildman–Crippen LogP) is 3.23. The van der Waals surface area contributed by atoms with Crippen LogP contribution in [0.4, 0.5) is 5.69 Å². The lowest BCUT2D eigenvalue weighted by atomic mass is 10.4. The van der Waals surface area contributed by atoms with Gasteiger partial charge in [-0.2, -0.15) is 0 Å². The van der Waals surface area contributed by atoms with Gasteiger partial charge in [-0.3, -0.25) is 0 Å². The molecule has 1 N–H and O–H groups in total. The molecule has 0 bridgehead atoms. The summed E-state index contributed by atoms with van der Waals surface area (Å²) in [5.74, 6) is 0. The molecule has 2 aliphatic rings. The lowest BCUT2D eigenvalue weighted by Crippen LogP contribution is -2.15. The van der Waals surface area contributed by atoms with Crippen molar-refractivity contribution in [2.45, 2.75) is 23.0 Å². The summed E-state index contributed by atoms with van der Waals surface area (Å²) < 4.78 is 3.21. The summed E-state index contributed by atoms with van der Waals surface area (Å²) in [7, 11) is 0. The maximum atomic E-state index is 5.83. The molecule has 78 valence electrons. The fourth-order valence-corrected chi connectivity index (χ4v) is 3.06. The monoisotopic (exact) mass is 257 g/mol. The number of aromatic nitrogens is 1. The normalized spacial score (nSPS) is 19.1. The van der Waals surface area contributed by atoms with Crippen molar-refractivity contribution in [3.8, 4) is 0 Å². The van der Waals surface area contributed by atoms with Gasteiger partial charge in [0.15, 0.2) is 5.17 Å². The second kappa shape index (κ2) is 3.88. The number of nitrogens with one attached hydrogen (secondary N) is 1. The average Bonchev–Trinajstić information content (AvgIpc) is 3.01. The minimum Gasteiger partial charge on any atom is -0.305 e. The summed E-state index contributed by atoms with van der Waals surface area (Å²) >= 11 is 9.19. The van der Waals surface area contributed by atoms with Crippen LogP contribution >= 0.6 is 35.3 Å². The van der Waals surface area contributed by atoms with E-state index in [1.165, 1.54) is 12.8 Å². The number of aliphatic imine (C=N–C) groups is 1. The molecule has 2 heterocycles. The number of rotatable bonds is 1. The Labute approximate surface area is 101 Å². The molecule has 1 aromatic rings. The molecule has 0 aromatic carbocycles. The van der Waals surface area contributed by atoms with Crippen LogP contribution < -0.4 is 4.72 Å². The topological polar surface area (TPSA) is 37.3 Å². The van der Waals surface area contributed by atoms with Gasteiger partial charge in [-0.1, -0.05) is 23.4 Å². The molecule has 0 atom stereocenters. The Balaban J connectivity index is 1.88. The van der Waals surface area contributed by atoms with Crippen molar-refractivity contribution in [2.75, 3.05) is 0 Å². The van der Waals surface area contributed by atoms with Gasteiger partial charge < -0.3 is 4.72 Å². The molecule has 6 heteroatoms. The number of amidine groups is 1. The second-order valence-electron chi connectivity index (χ2n) is 3.41. The minimum atomic E-state index is 0.496. The third-order valence-corrected chi connectivity index (χ3v) is 4.47. The van der Waals surface area contributed by atoms with E-state index < -0.39 is 0 Å². The van der Waals surface area contributed by atoms with E-state index in [0.717, 1.165) is 21.0 Å². The van der Waals surface area contributed by atoms with E-state index >= 15 is 0 Å². The number of thioether (sulfide) groups is 1. The van der Waals surface area contributed by atoms with E-state index in [-0.39, 0.29) is 0 Å². The highest BCUT2D eigenvalue weighted by Gasteiger charge is 2.26. The first-order valence-electron chi connectivity index (χ1n) is 4.65. The van der Waals surface area contributed by atoms with E-state index in [1.54, 1.807) is 24.2 Å². The zero-order valence-corrected chi connectivity index (χ0v) is 10.1. The SMILES string of the molecule is Clc1cc2c(cn1)SNC(SC1CC1)=N2. The van der Waals surface area contributed by atoms with Crippen LogP contribution in [0.1, 0.15) is 12.8 Å². The first kappa shape index (κ1) is 9.81. The highest BCUT2D eigenvalue weighted by Crippen LogP contribution is 2.39. The van der Waals surface area contributed by atoms with Gasteiger partial charge in [0.05, 0.1) is 10.6 Å². The molecular formula is C9H8ClN3S2. The smallest absolute Gasteiger partial charge is 0.172 e. The molecular weight excluding hydrogens is 250 g/mol. The van der Waals surface area contributed by atoms with Gasteiger partial charge in [0.2, 0.25) is 0 Å². The molecule has 3 rings (SSSR count). The van der Waals surface area contributed by atoms with Crippen LogP contribution in [0.15, 0.2) is 22.2 Å². The molecule has 15 heavy (non-hydrogen) atoms. The summed E-state index contributed by atoms with van der Waals surface area (Å²) in [5.41, 5.74) is 0.918. The van der Waals surface area contributed by atoms with Gasteiger partial charge in [0, 0.05) is 17.5 Å². The third kappa shape index (κ3) is 2.24. The van der Waals surface area contributed by atoms with Crippen LogP contribution in [0.5, 0.6) is 0 Å². The number of hydrogen-bond donors (Lipinski definition) is 1. The first-order valence-corrected chi connectivity index (χ1v) is 6.72. The Hall–Kier alpha value is -0.390. The van der Waals surface area contributed by atoms with Gasteiger partial charge in [-0.05, 0) is 24.8 Å². The highest BCUT2D eigenvalue weighted by atomic mass is 35.5.